The number of amides is 4. The molecule has 0 unspecified atom stereocenters. The Morgan fingerprint density at radius 1 is 0.836 bits per heavy atom. The zero-order valence-corrected chi connectivity index (χ0v) is 30.6. The molecule has 1 saturated carbocycles. The predicted molar refractivity (Wildman–Crippen MR) is 199 cm³/mol. The lowest BCUT2D eigenvalue weighted by Crippen LogP contribution is -2.53. The Bertz CT molecular complexity index is 2220. The van der Waals surface area contributed by atoms with E-state index in [1.165, 1.54) is 55.5 Å². The largest absolute Gasteiger partial charge is 0.508 e. The van der Waals surface area contributed by atoms with Gasteiger partial charge in [-0.25, -0.2) is 4.39 Å². The zero-order chi connectivity index (χ0) is 38.8. The van der Waals surface area contributed by atoms with Gasteiger partial charge < -0.3 is 19.7 Å². The molecular weight excluding hydrogens is 729 g/mol. The van der Waals surface area contributed by atoms with E-state index in [2.05, 4.69) is 5.43 Å². The van der Waals surface area contributed by atoms with E-state index in [4.69, 9.17) is 21.1 Å². The number of aromatic hydroxyl groups is 2. The summed E-state index contributed by atoms with van der Waals surface area (Å²) in [7, 11) is 2.84. The number of benzene rings is 4. The molecule has 4 aliphatic rings. The molecule has 6 atom stereocenters. The third-order valence-electron chi connectivity index (χ3n) is 11.7. The Hall–Kier alpha value is -5.88. The highest BCUT2D eigenvalue weighted by Crippen LogP contribution is 2.66. The van der Waals surface area contributed by atoms with Crippen molar-refractivity contribution in [3.05, 3.63) is 124 Å². The first-order valence-electron chi connectivity index (χ1n) is 17.9. The number of carbonyl (C=O) groups is 4. The molecule has 0 bridgehead atoms. The van der Waals surface area contributed by atoms with Gasteiger partial charge in [-0.05, 0) is 84.8 Å². The first kappa shape index (κ1) is 36.1. The minimum absolute atomic E-state index is 0.0475. The van der Waals surface area contributed by atoms with Gasteiger partial charge in [-0.15, -0.1) is 0 Å². The van der Waals surface area contributed by atoms with Gasteiger partial charge in [-0.2, -0.15) is 5.01 Å². The van der Waals surface area contributed by atoms with Crippen molar-refractivity contribution < 1.29 is 43.3 Å². The van der Waals surface area contributed by atoms with Gasteiger partial charge in [-0.3, -0.25) is 29.5 Å². The molecule has 4 amide bonds. The Morgan fingerprint density at radius 2 is 1.49 bits per heavy atom. The SMILES string of the molecule is COc1cc(O)cc(OC)c1[C@H]1C2=CC[C@@H]3C(=O)N(CCc4ccc(O)cc4)C(=O)[C@@H]3[C@@H]2C[C@H]2C(=O)N(Nc3ccc(F)cc3)C(=O)[C@@]12c1ccc(Cl)cc1. The molecule has 3 fully saturated rings. The molecular formula is C42H37ClFN3O8. The summed E-state index contributed by atoms with van der Waals surface area (Å²) in [6.07, 6.45) is 2.55. The molecule has 4 aromatic rings. The molecule has 4 aromatic carbocycles. The van der Waals surface area contributed by atoms with Crippen LogP contribution >= 0.6 is 11.6 Å². The molecule has 282 valence electrons. The molecule has 2 aliphatic carbocycles. The van der Waals surface area contributed by atoms with E-state index >= 15 is 4.79 Å². The van der Waals surface area contributed by atoms with Gasteiger partial charge in [-0.1, -0.05) is 47.5 Å². The second kappa shape index (κ2) is 13.8. The zero-order valence-electron chi connectivity index (χ0n) is 29.9. The fourth-order valence-electron chi connectivity index (χ4n) is 9.37. The molecule has 2 aliphatic heterocycles. The number of phenols is 2. The number of nitrogens with zero attached hydrogens (tertiary/aromatic N) is 2. The van der Waals surface area contributed by atoms with E-state index in [9.17, 15) is 29.0 Å². The smallest absolute Gasteiger partial charge is 0.260 e. The van der Waals surface area contributed by atoms with Crippen LogP contribution in [0, 0.1) is 29.5 Å². The molecule has 0 radical (unpaired) electrons. The van der Waals surface area contributed by atoms with Gasteiger partial charge in [0.25, 0.3) is 11.8 Å². The standard InChI is InChI=1S/C42H37ClFN3O8/c1-54-33-19-28(49)20-34(55-2)36(33)37-29-15-16-30-35(40(52)46(38(30)50)18-17-22-3-13-27(48)14-4-22)31(29)21-32-39(51)47(45-26-11-9-25(44)10-12-26)41(53)42(32,37)23-5-7-24(43)8-6-23/h3-15,19-20,30-32,35,37,45,48-49H,16-18,21H2,1-2H3/t30-,31+,32-,35-,37+,42+/m0/s1. The van der Waals surface area contributed by atoms with Crippen LogP contribution in [-0.4, -0.2) is 64.5 Å². The Morgan fingerprint density at radius 3 is 2.13 bits per heavy atom. The number of phenolic OH excluding ortho intramolecular Hbond substituents is 2. The number of halogens is 2. The van der Waals surface area contributed by atoms with Gasteiger partial charge in [0.2, 0.25) is 11.8 Å². The number of likely N-dealkylation sites (tertiary alicyclic amines) is 1. The van der Waals surface area contributed by atoms with Crippen LogP contribution in [0.1, 0.15) is 35.4 Å². The maximum atomic E-state index is 15.4. The molecule has 0 aromatic heterocycles. The average molecular weight is 766 g/mol. The van der Waals surface area contributed by atoms with Crippen molar-refractivity contribution in [1.29, 1.82) is 0 Å². The monoisotopic (exact) mass is 765 g/mol. The number of hydrogen-bond donors (Lipinski definition) is 3. The number of nitrogens with one attached hydrogen (secondary N) is 1. The number of ether oxygens (including phenoxy) is 2. The summed E-state index contributed by atoms with van der Waals surface area (Å²) in [6.45, 7) is 0.130. The fourth-order valence-corrected chi connectivity index (χ4v) is 9.49. The summed E-state index contributed by atoms with van der Waals surface area (Å²) >= 11 is 6.39. The van der Waals surface area contributed by atoms with Gasteiger partial charge in [0.15, 0.2) is 0 Å². The van der Waals surface area contributed by atoms with Gasteiger partial charge in [0, 0.05) is 35.2 Å². The van der Waals surface area contributed by atoms with E-state index < -0.39 is 52.6 Å². The van der Waals surface area contributed by atoms with Crippen molar-refractivity contribution in [3.8, 4) is 23.0 Å². The summed E-state index contributed by atoms with van der Waals surface area (Å²) in [4.78, 5) is 60.2. The lowest BCUT2D eigenvalue weighted by atomic mass is 9.49. The second-order valence-electron chi connectivity index (χ2n) is 14.4. The maximum absolute atomic E-state index is 15.4. The van der Waals surface area contributed by atoms with Crippen molar-refractivity contribution in [3.63, 3.8) is 0 Å². The van der Waals surface area contributed by atoms with Crippen LogP contribution in [0.4, 0.5) is 10.1 Å². The number of carbonyl (C=O) groups excluding carboxylic acids is 4. The molecule has 11 nitrogen and oxygen atoms in total. The minimum atomic E-state index is -1.67. The highest BCUT2D eigenvalue weighted by Gasteiger charge is 2.71. The molecule has 2 heterocycles. The van der Waals surface area contributed by atoms with Gasteiger partial charge in [0.1, 0.15) is 28.8 Å². The number of allylic oxidation sites excluding steroid dienone is 2. The summed E-state index contributed by atoms with van der Waals surface area (Å²) in [5, 5.41) is 21.8. The Balaban J connectivity index is 1.31. The molecule has 0 spiro atoms. The summed E-state index contributed by atoms with van der Waals surface area (Å²) < 4.78 is 25.7. The number of hydrogen-bond acceptors (Lipinski definition) is 9. The first-order valence-corrected chi connectivity index (χ1v) is 18.3. The minimum Gasteiger partial charge on any atom is -0.508 e. The van der Waals surface area contributed by atoms with Crippen molar-refractivity contribution >= 4 is 40.9 Å². The second-order valence-corrected chi connectivity index (χ2v) is 14.8. The topological polar surface area (TPSA) is 146 Å². The van der Waals surface area contributed by atoms with Crippen LogP contribution in [-0.2, 0) is 31.0 Å². The number of fused-ring (bicyclic) bond motifs is 4. The summed E-state index contributed by atoms with van der Waals surface area (Å²) in [5.41, 5.74) is 3.90. The fraction of sp³-hybridized carbons (Fsp3) is 0.286. The van der Waals surface area contributed by atoms with E-state index in [0.717, 1.165) is 10.6 Å². The van der Waals surface area contributed by atoms with Crippen LogP contribution in [0.15, 0.2) is 96.6 Å². The average Bonchev–Trinajstić information content (AvgIpc) is 3.55. The van der Waals surface area contributed by atoms with Crippen LogP contribution < -0.4 is 14.9 Å². The predicted octanol–water partition coefficient (Wildman–Crippen LogP) is 6.14. The number of methoxy groups -OCH3 is 2. The highest BCUT2D eigenvalue weighted by molar-refractivity contribution is 6.30. The van der Waals surface area contributed by atoms with Gasteiger partial charge in [0.05, 0.1) is 43.1 Å². The normalized spacial score (nSPS) is 25.7. The molecule has 13 heteroatoms. The van der Waals surface area contributed by atoms with Crippen molar-refractivity contribution in [1.82, 2.24) is 9.91 Å². The van der Waals surface area contributed by atoms with Crippen LogP contribution in [0.3, 0.4) is 0 Å². The third-order valence-corrected chi connectivity index (χ3v) is 12.0. The lowest BCUT2D eigenvalue weighted by molar-refractivity contribution is -0.141. The molecule has 3 N–H and O–H groups in total. The van der Waals surface area contributed by atoms with E-state index in [1.54, 1.807) is 48.5 Å². The van der Waals surface area contributed by atoms with E-state index in [-0.39, 0.29) is 54.2 Å². The first-order chi connectivity index (χ1) is 26.5. The summed E-state index contributed by atoms with van der Waals surface area (Å²) in [5.74, 6) is -6.28. The number of anilines is 1. The summed E-state index contributed by atoms with van der Waals surface area (Å²) in [6, 6.07) is 21.3. The van der Waals surface area contributed by atoms with Crippen molar-refractivity contribution in [2.24, 2.45) is 23.7 Å². The van der Waals surface area contributed by atoms with Crippen LogP contribution in [0.5, 0.6) is 23.0 Å². The number of hydrazine groups is 1. The van der Waals surface area contributed by atoms with Gasteiger partial charge >= 0.3 is 0 Å². The number of imide groups is 2. The van der Waals surface area contributed by atoms with Crippen molar-refractivity contribution in [2.75, 3.05) is 26.2 Å². The van der Waals surface area contributed by atoms with E-state index in [1.807, 2.05) is 6.08 Å². The number of rotatable bonds is 9. The van der Waals surface area contributed by atoms with E-state index in [0.29, 0.717) is 33.8 Å². The Kier molecular flexibility index (Phi) is 9.03. The Labute approximate surface area is 320 Å². The highest BCUT2D eigenvalue weighted by atomic mass is 35.5. The third kappa shape index (κ3) is 5.69. The van der Waals surface area contributed by atoms with Crippen LogP contribution in [0.2, 0.25) is 5.02 Å². The maximum Gasteiger partial charge on any atom is 0.260 e. The molecule has 2 saturated heterocycles. The van der Waals surface area contributed by atoms with Crippen LogP contribution in [0.25, 0.3) is 0 Å². The quantitative estimate of drug-likeness (QED) is 0.135. The van der Waals surface area contributed by atoms with Crippen molar-refractivity contribution in [2.45, 2.75) is 30.6 Å². The lowest BCUT2D eigenvalue weighted by Gasteiger charge is -2.51. The molecule has 55 heavy (non-hydrogen) atoms. The molecule has 8 rings (SSSR count).